The summed E-state index contributed by atoms with van der Waals surface area (Å²) in [6, 6.07) is -0.153. The Morgan fingerprint density at radius 3 is 2.64 bits per heavy atom. The zero-order valence-corrected chi connectivity index (χ0v) is 23.2. The van der Waals surface area contributed by atoms with Gasteiger partial charge in [0.25, 0.3) is 0 Å². The van der Waals surface area contributed by atoms with E-state index in [1.807, 2.05) is 30.6 Å². The number of ether oxygens (including phenoxy) is 2. The fourth-order valence-electron chi connectivity index (χ4n) is 6.64. The summed E-state index contributed by atoms with van der Waals surface area (Å²) < 4.78 is 41.3. The predicted molar refractivity (Wildman–Crippen MR) is 142 cm³/mol. The lowest BCUT2D eigenvalue weighted by Crippen LogP contribution is -2.57. The van der Waals surface area contributed by atoms with Crippen LogP contribution in [-0.4, -0.2) is 93.0 Å². The highest BCUT2D eigenvalue weighted by Gasteiger charge is 2.51. The summed E-state index contributed by atoms with van der Waals surface area (Å²) in [4.78, 5) is 31.9. The lowest BCUT2D eigenvalue weighted by atomic mass is 9.93. The van der Waals surface area contributed by atoms with Crippen molar-refractivity contribution in [1.82, 2.24) is 24.8 Å². The number of hydrogen-bond acceptors (Lipinski definition) is 8. The van der Waals surface area contributed by atoms with Gasteiger partial charge in [-0.15, -0.1) is 0 Å². The van der Waals surface area contributed by atoms with Gasteiger partial charge in [-0.25, -0.2) is 18.6 Å². The SMILES string of the molecule is C=C1CN2C[C@@H](F)C[C@@]2(COc2nc(N3CC4CCC(C3)N4C(=O)OC(C)(C)C)c3cnc(Cl)c(F)c3n2)C1. The molecule has 6 rings (SSSR count). The van der Waals surface area contributed by atoms with Crippen molar-refractivity contribution in [2.45, 2.75) is 75.8 Å². The zero-order chi connectivity index (χ0) is 27.7. The van der Waals surface area contributed by atoms with Gasteiger partial charge in [0.2, 0.25) is 0 Å². The lowest BCUT2D eigenvalue weighted by Gasteiger charge is -2.42. The van der Waals surface area contributed by atoms with E-state index in [1.54, 1.807) is 0 Å². The molecule has 4 atom stereocenters. The Morgan fingerprint density at radius 2 is 1.95 bits per heavy atom. The van der Waals surface area contributed by atoms with Gasteiger partial charge in [0.15, 0.2) is 11.0 Å². The van der Waals surface area contributed by atoms with Gasteiger partial charge in [-0.1, -0.05) is 23.8 Å². The number of carbonyl (C=O) groups excluding carboxylic acids is 1. The molecule has 2 aromatic rings. The average molecular weight is 563 g/mol. The number of amides is 1. The minimum atomic E-state index is -0.936. The Labute approximate surface area is 231 Å². The van der Waals surface area contributed by atoms with Crippen LogP contribution < -0.4 is 9.64 Å². The summed E-state index contributed by atoms with van der Waals surface area (Å²) in [5, 5.41) is 0.119. The van der Waals surface area contributed by atoms with E-state index in [9.17, 15) is 9.18 Å². The molecule has 0 aromatic carbocycles. The highest BCUT2D eigenvalue weighted by molar-refractivity contribution is 6.30. The van der Waals surface area contributed by atoms with Gasteiger partial charge < -0.3 is 14.4 Å². The van der Waals surface area contributed by atoms with Gasteiger partial charge in [-0.2, -0.15) is 9.97 Å². The van der Waals surface area contributed by atoms with E-state index >= 15 is 4.39 Å². The normalized spacial score (nSPS) is 28.9. The Hall–Kier alpha value is -2.79. The molecule has 39 heavy (non-hydrogen) atoms. The molecule has 6 heterocycles. The first-order chi connectivity index (χ1) is 18.4. The third-order valence-electron chi connectivity index (χ3n) is 8.14. The molecular weight excluding hydrogens is 530 g/mol. The first-order valence-corrected chi connectivity index (χ1v) is 13.8. The number of halogens is 3. The van der Waals surface area contributed by atoms with E-state index in [2.05, 4.69) is 21.4 Å². The van der Waals surface area contributed by atoms with Gasteiger partial charge in [0.05, 0.1) is 23.0 Å². The second-order valence-electron chi connectivity index (χ2n) is 12.3. The fraction of sp³-hybridized carbons (Fsp3) is 0.630. The molecule has 0 spiro atoms. The lowest BCUT2D eigenvalue weighted by molar-refractivity contribution is 0.0122. The molecule has 4 aliphatic rings. The number of hydrogen-bond donors (Lipinski definition) is 0. The minimum Gasteiger partial charge on any atom is -0.461 e. The molecule has 0 saturated carbocycles. The summed E-state index contributed by atoms with van der Waals surface area (Å²) in [7, 11) is 0. The van der Waals surface area contributed by atoms with Crippen LogP contribution in [0.25, 0.3) is 10.9 Å². The zero-order valence-electron chi connectivity index (χ0n) is 22.4. The summed E-state index contributed by atoms with van der Waals surface area (Å²) in [5.41, 5.74) is -0.0561. The van der Waals surface area contributed by atoms with Crippen molar-refractivity contribution in [3.63, 3.8) is 0 Å². The number of nitrogens with zero attached hydrogens (tertiary/aromatic N) is 6. The maximum absolute atomic E-state index is 15.2. The maximum Gasteiger partial charge on any atom is 0.410 e. The largest absolute Gasteiger partial charge is 0.461 e. The first-order valence-electron chi connectivity index (χ1n) is 13.4. The Bertz CT molecular complexity index is 1320. The van der Waals surface area contributed by atoms with E-state index < -0.39 is 23.1 Å². The monoisotopic (exact) mass is 562 g/mol. The molecule has 2 unspecified atom stereocenters. The molecule has 2 bridgehead atoms. The average Bonchev–Trinajstić information content (AvgIpc) is 3.42. The smallest absolute Gasteiger partial charge is 0.410 e. The summed E-state index contributed by atoms with van der Waals surface area (Å²) in [6.07, 6.45) is 2.84. The second kappa shape index (κ2) is 9.40. The van der Waals surface area contributed by atoms with Crippen LogP contribution in [0.2, 0.25) is 5.15 Å². The maximum atomic E-state index is 15.2. The summed E-state index contributed by atoms with van der Waals surface area (Å²) >= 11 is 6.01. The first kappa shape index (κ1) is 26.4. The molecule has 210 valence electrons. The van der Waals surface area contributed by atoms with Crippen molar-refractivity contribution in [1.29, 1.82) is 0 Å². The fourth-order valence-corrected chi connectivity index (χ4v) is 6.78. The standard InChI is InChI=1S/C27H33ClF2N6O3/c1-15-7-27(8-16(29)11-35(27)10-15)14-38-24-32-21-19(9-31-22(28)20(21)30)23(33-24)34-12-17-5-6-18(13-34)36(17)25(37)39-26(2,3)4/h9,16-18H,1,5-8,10-14H2,2-4H3/t16-,17?,18?,27+/m0/s1. The van der Waals surface area contributed by atoms with Crippen LogP contribution in [0.3, 0.4) is 0 Å². The number of piperazine rings is 1. The van der Waals surface area contributed by atoms with Crippen LogP contribution in [-0.2, 0) is 4.74 Å². The summed E-state index contributed by atoms with van der Waals surface area (Å²) in [5.74, 6) is -0.282. The highest BCUT2D eigenvalue weighted by atomic mass is 35.5. The van der Waals surface area contributed by atoms with Crippen LogP contribution in [0.1, 0.15) is 46.5 Å². The number of alkyl halides is 1. The molecule has 2 aromatic heterocycles. The van der Waals surface area contributed by atoms with Crippen molar-refractivity contribution in [2.24, 2.45) is 0 Å². The molecule has 1 amide bonds. The number of anilines is 1. The van der Waals surface area contributed by atoms with Crippen LogP contribution in [0.4, 0.5) is 19.4 Å². The topological polar surface area (TPSA) is 83.9 Å². The third-order valence-corrected chi connectivity index (χ3v) is 8.40. The molecule has 4 saturated heterocycles. The van der Waals surface area contributed by atoms with Crippen molar-refractivity contribution >= 4 is 34.4 Å². The number of aromatic nitrogens is 3. The highest BCUT2D eigenvalue weighted by Crippen LogP contribution is 2.42. The molecule has 4 fully saturated rings. The second-order valence-corrected chi connectivity index (χ2v) is 12.6. The number of rotatable bonds is 4. The third kappa shape index (κ3) is 4.77. The van der Waals surface area contributed by atoms with Crippen LogP contribution in [0.5, 0.6) is 6.01 Å². The van der Waals surface area contributed by atoms with Crippen LogP contribution in [0.15, 0.2) is 18.3 Å². The Kier molecular flexibility index (Phi) is 6.37. The van der Waals surface area contributed by atoms with Gasteiger partial charge in [-0.3, -0.25) is 9.80 Å². The molecule has 4 aliphatic heterocycles. The van der Waals surface area contributed by atoms with Crippen molar-refractivity contribution in [3.05, 3.63) is 29.3 Å². The Morgan fingerprint density at radius 1 is 1.23 bits per heavy atom. The molecule has 0 aliphatic carbocycles. The molecule has 0 N–H and O–H groups in total. The molecular formula is C27H33ClF2N6O3. The predicted octanol–water partition coefficient (Wildman–Crippen LogP) is 4.53. The number of fused-ring (bicyclic) bond motifs is 4. The number of pyridine rings is 1. The van der Waals surface area contributed by atoms with Gasteiger partial charge in [0, 0.05) is 38.8 Å². The minimum absolute atomic E-state index is 0.00488. The van der Waals surface area contributed by atoms with Crippen LogP contribution in [0, 0.1) is 5.82 Å². The quantitative estimate of drug-likeness (QED) is 0.397. The van der Waals surface area contributed by atoms with Crippen molar-refractivity contribution < 1.29 is 23.0 Å². The van der Waals surface area contributed by atoms with E-state index in [4.69, 9.17) is 26.1 Å². The van der Waals surface area contributed by atoms with Gasteiger partial charge in [-0.05, 0) is 40.0 Å². The van der Waals surface area contributed by atoms with Crippen molar-refractivity contribution in [2.75, 3.05) is 37.7 Å². The van der Waals surface area contributed by atoms with Gasteiger partial charge in [0.1, 0.15) is 29.7 Å². The number of carbonyl (C=O) groups is 1. The summed E-state index contributed by atoms with van der Waals surface area (Å²) in [6.45, 7) is 11.8. The van der Waals surface area contributed by atoms with Gasteiger partial charge >= 0.3 is 12.1 Å². The van der Waals surface area contributed by atoms with E-state index in [-0.39, 0.29) is 41.5 Å². The van der Waals surface area contributed by atoms with E-state index in [0.717, 1.165) is 18.4 Å². The van der Waals surface area contributed by atoms with Crippen LogP contribution >= 0.6 is 11.6 Å². The molecule has 9 nitrogen and oxygen atoms in total. The Balaban J connectivity index is 1.30. The molecule has 0 radical (unpaired) electrons. The molecule has 12 heteroatoms. The van der Waals surface area contributed by atoms with Crippen molar-refractivity contribution in [3.8, 4) is 6.01 Å². The van der Waals surface area contributed by atoms with E-state index in [1.165, 1.54) is 6.20 Å². The van der Waals surface area contributed by atoms with E-state index in [0.29, 0.717) is 50.2 Å².